The van der Waals surface area contributed by atoms with Gasteiger partial charge in [0.15, 0.2) is 0 Å². The number of nitrogens with two attached hydrogens (primary N) is 2. The number of amides is 1. The lowest BCUT2D eigenvalue weighted by Gasteiger charge is -2.20. The highest BCUT2D eigenvalue weighted by Crippen LogP contribution is 2.26. The Bertz CT molecular complexity index is 567. The van der Waals surface area contributed by atoms with Crippen molar-refractivity contribution in [2.45, 2.75) is 0 Å². The van der Waals surface area contributed by atoms with Crippen molar-refractivity contribution in [3.05, 3.63) is 54.1 Å². The van der Waals surface area contributed by atoms with Crippen molar-refractivity contribution >= 4 is 23.0 Å². The zero-order chi connectivity index (χ0) is 13.1. The molecule has 0 aliphatic heterocycles. The van der Waals surface area contributed by atoms with Crippen LogP contribution in [0.2, 0.25) is 0 Å². The smallest absolute Gasteiger partial charge is 0.250 e. The van der Waals surface area contributed by atoms with Gasteiger partial charge < -0.3 is 16.4 Å². The number of carbonyl (C=O) groups excluding carboxylic acids is 1. The summed E-state index contributed by atoms with van der Waals surface area (Å²) in [6.45, 7) is 0. The molecule has 0 bridgehead atoms. The minimum Gasteiger partial charge on any atom is -0.398 e. The summed E-state index contributed by atoms with van der Waals surface area (Å²) in [6, 6.07) is 15.1. The van der Waals surface area contributed by atoms with Gasteiger partial charge in [0.05, 0.1) is 5.56 Å². The number of para-hydroxylation sites is 1. The maximum absolute atomic E-state index is 11.3. The maximum Gasteiger partial charge on any atom is 0.250 e. The first-order chi connectivity index (χ1) is 8.59. The Morgan fingerprint density at radius 2 is 1.72 bits per heavy atom. The highest BCUT2D eigenvalue weighted by atomic mass is 16.1. The van der Waals surface area contributed by atoms with Crippen molar-refractivity contribution in [3.63, 3.8) is 0 Å². The van der Waals surface area contributed by atoms with Crippen molar-refractivity contribution in [1.82, 2.24) is 0 Å². The second-order valence-corrected chi connectivity index (χ2v) is 4.03. The van der Waals surface area contributed by atoms with Gasteiger partial charge in [0, 0.05) is 24.1 Å². The molecule has 18 heavy (non-hydrogen) atoms. The molecule has 2 aromatic carbocycles. The standard InChI is InChI=1S/C14H15N3O/c1-17(10-5-3-2-4-6-10)11-7-8-13(15)12(9-11)14(16)18/h2-9H,15H2,1H3,(H2,16,18). The summed E-state index contributed by atoms with van der Waals surface area (Å²) in [5.74, 6) is -0.518. The van der Waals surface area contributed by atoms with Crippen LogP contribution in [0.1, 0.15) is 10.4 Å². The number of anilines is 3. The number of rotatable bonds is 3. The molecule has 0 heterocycles. The average Bonchev–Trinajstić information content (AvgIpc) is 2.39. The number of benzene rings is 2. The van der Waals surface area contributed by atoms with Gasteiger partial charge in [-0.2, -0.15) is 0 Å². The van der Waals surface area contributed by atoms with Crippen LogP contribution in [0.15, 0.2) is 48.5 Å². The van der Waals surface area contributed by atoms with Crippen molar-refractivity contribution < 1.29 is 4.79 Å². The van der Waals surface area contributed by atoms with E-state index in [4.69, 9.17) is 11.5 Å². The van der Waals surface area contributed by atoms with Crippen LogP contribution in [0.5, 0.6) is 0 Å². The lowest BCUT2D eigenvalue weighted by Crippen LogP contribution is -2.15. The van der Waals surface area contributed by atoms with Gasteiger partial charge in [0.1, 0.15) is 0 Å². The lowest BCUT2D eigenvalue weighted by atomic mass is 10.1. The predicted octanol–water partition coefficient (Wildman–Crippen LogP) is 2.14. The summed E-state index contributed by atoms with van der Waals surface area (Å²) in [7, 11) is 1.92. The Hall–Kier alpha value is -2.49. The molecule has 0 radical (unpaired) electrons. The third-order valence-corrected chi connectivity index (χ3v) is 2.83. The van der Waals surface area contributed by atoms with Crippen molar-refractivity contribution in [2.75, 3.05) is 17.7 Å². The Kier molecular flexibility index (Phi) is 3.19. The Morgan fingerprint density at radius 3 is 2.33 bits per heavy atom. The van der Waals surface area contributed by atoms with E-state index in [1.807, 2.05) is 48.3 Å². The molecule has 0 atom stereocenters. The number of carbonyl (C=O) groups is 1. The van der Waals surface area contributed by atoms with Crippen LogP contribution in [0, 0.1) is 0 Å². The molecule has 4 heteroatoms. The highest BCUT2D eigenvalue weighted by molar-refractivity contribution is 5.99. The molecule has 0 aliphatic rings. The fourth-order valence-electron chi connectivity index (χ4n) is 1.77. The van der Waals surface area contributed by atoms with Gasteiger partial charge >= 0.3 is 0 Å². The van der Waals surface area contributed by atoms with E-state index in [0.29, 0.717) is 11.3 Å². The second-order valence-electron chi connectivity index (χ2n) is 4.03. The molecule has 4 N–H and O–H groups in total. The SMILES string of the molecule is CN(c1ccccc1)c1ccc(N)c(C(N)=O)c1. The Labute approximate surface area is 106 Å². The minimum atomic E-state index is -0.518. The van der Waals surface area contributed by atoms with E-state index in [0.717, 1.165) is 11.4 Å². The molecule has 0 aliphatic carbocycles. The fraction of sp³-hybridized carbons (Fsp3) is 0.0714. The van der Waals surface area contributed by atoms with Crippen LogP contribution < -0.4 is 16.4 Å². The van der Waals surface area contributed by atoms with E-state index < -0.39 is 5.91 Å². The van der Waals surface area contributed by atoms with Gasteiger partial charge in [-0.15, -0.1) is 0 Å². The molecule has 0 fully saturated rings. The maximum atomic E-state index is 11.3. The lowest BCUT2D eigenvalue weighted by molar-refractivity contribution is 0.100. The monoisotopic (exact) mass is 241 g/mol. The fourth-order valence-corrected chi connectivity index (χ4v) is 1.77. The number of nitrogen functional groups attached to an aromatic ring is 1. The first-order valence-electron chi connectivity index (χ1n) is 5.57. The van der Waals surface area contributed by atoms with E-state index in [9.17, 15) is 4.79 Å². The summed E-state index contributed by atoms with van der Waals surface area (Å²) < 4.78 is 0. The number of nitrogens with zero attached hydrogens (tertiary/aromatic N) is 1. The molecule has 1 amide bonds. The molecule has 0 unspecified atom stereocenters. The van der Waals surface area contributed by atoms with E-state index in [1.54, 1.807) is 12.1 Å². The molecule has 0 saturated carbocycles. The number of hydrogen-bond donors (Lipinski definition) is 2. The molecule has 92 valence electrons. The predicted molar refractivity (Wildman–Crippen MR) is 73.9 cm³/mol. The third kappa shape index (κ3) is 2.27. The topological polar surface area (TPSA) is 72.3 Å². The van der Waals surface area contributed by atoms with E-state index in [-0.39, 0.29) is 0 Å². The first-order valence-corrected chi connectivity index (χ1v) is 5.57. The summed E-state index contributed by atoms with van der Waals surface area (Å²) in [5.41, 5.74) is 13.6. The van der Waals surface area contributed by atoms with Crippen LogP contribution in [0.3, 0.4) is 0 Å². The number of hydrogen-bond acceptors (Lipinski definition) is 3. The summed E-state index contributed by atoms with van der Waals surface area (Å²) in [6.07, 6.45) is 0. The van der Waals surface area contributed by atoms with E-state index in [1.165, 1.54) is 0 Å². The first kappa shape index (κ1) is 12.0. The normalized spacial score (nSPS) is 10.1. The molecular formula is C14H15N3O. The highest BCUT2D eigenvalue weighted by Gasteiger charge is 2.09. The number of primary amides is 1. The third-order valence-electron chi connectivity index (χ3n) is 2.83. The molecule has 2 rings (SSSR count). The molecule has 0 saturated heterocycles. The average molecular weight is 241 g/mol. The Balaban J connectivity index is 2.40. The van der Waals surface area contributed by atoms with Crippen molar-refractivity contribution in [1.29, 1.82) is 0 Å². The van der Waals surface area contributed by atoms with Crippen LogP contribution in [-0.4, -0.2) is 13.0 Å². The molecule has 2 aromatic rings. The molecule has 4 nitrogen and oxygen atoms in total. The van der Waals surface area contributed by atoms with Gasteiger partial charge in [0.25, 0.3) is 5.91 Å². The van der Waals surface area contributed by atoms with Crippen LogP contribution in [0.25, 0.3) is 0 Å². The zero-order valence-corrected chi connectivity index (χ0v) is 10.1. The van der Waals surface area contributed by atoms with Gasteiger partial charge in [0.2, 0.25) is 0 Å². The largest absolute Gasteiger partial charge is 0.398 e. The summed E-state index contributed by atoms with van der Waals surface area (Å²) in [5, 5.41) is 0. The molecular weight excluding hydrogens is 226 g/mol. The zero-order valence-electron chi connectivity index (χ0n) is 10.1. The van der Waals surface area contributed by atoms with E-state index in [2.05, 4.69) is 0 Å². The summed E-state index contributed by atoms with van der Waals surface area (Å²) >= 11 is 0. The minimum absolute atomic E-state index is 0.343. The van der Waals surface area contributed by atoms with Gasteiger partial charge in [-0.1, -0.05) is 18.2 Å². The molecule has 0 aromatic heterocycles. The van der Waals surface area contributed by atoms with Crippen LogP contribution >= 0.6 is 0 Å². The van der Waals surface area contributed by atoms with Gasteiger partial charge in [-0.25, -0.2) is 0 Å². The van der Waals surface area contributed by atoms with E-state index >= 15 is 0 Å². The molecule has 0 spiro atoms. The van der Waals surface area contributed by atoms with Gasteiger partial charge in [-0.05, 0) is 30.3 Å². The quantitative estimate of drug-likeness (QED) is 0.808. The second kappa shape index (κ2) is 4.79. The van der Waals surface area contributed by atoms with Crippen molar-refractivity contribution in [3.8, 4) is 0 Å². The Morgan fingerprint density at radius 1 is 1.06 bits per heavy atom. The van der Waals surface area contributed by atoms with Gasteiger partial charge in [-0.3, -0.25) is 4.79 Å². The van der Waals surface area contributed by atoms with Crippen LogP contribution in [-0.2, 0) is 0 Å². The van der Waals surface area contributed by atoms with Crippen LogP contribution in [0.4, 0.5) is 17.1 Å². The van der Waals surface area contributed by atoms with Crippen molar-refractivity contribution in [2.24, 2.45) is 5.73 Å². The summed E-state index contributed by atoms with van der Waals surface area (Å²) in [4.78, 5) is 13.2.